The number of nitrogens with one attached hydrogen (secondary N) is 2. The van der Waals surface area contributed by atoms with E-state index in [0.29, 0.717) is 34.7 Å². The second-order valence-corrected chi connectivity index (χ2v) is 13.4. The van der Waals surface area contributed by atoms with Gasteiger partial charge in [0.25, 0.3) is 15.9 Å². The van der Waals surface area contributed by atoms with Crippen molar-refractivity contribution in [2.75, 3.05) is 26.7 Å². The second kappa shape index (κ2) is 13.4. The van der Waals surface area contributed by atoms with E-state index in [-0.39, 0.29) is 12.5 Å². The van der Waals surface area contributed by atoms with Crippen LogP contribution in [0.5, 0.6) is 5.75 Å². The Bertz CT molecular complexity index is 1550. The first-order chi connectivity index (χ1) is 19.9. The molecule has 1 aromatic heterocycles. The summed E-state index contributed by atoms with van der Waals surface area (Å²) in [6, 6.07) is 29.7. The molecule has 7 nitrogen and oxygen atoms in total. The number of thiophene rings is 1. The van der Waals surface area contributed by atoms with Crippen LogP contribution in [0.4, 0.5) is 0 Å². The zero-order valence-corrected chi connectivity index (χ0v) is 24.7. The lowest BCUT2D eigenvalue weighted by atomic mass is 10.0. The molecule has 41 heavy (non-hydrogen) atoms. The maximum absolute atomic E-state index is 13.3. The standard InChI is InChI=1S/C32H35N3O4S2/c1-39-29-9-5-8-27(22-29)32(36)34-23-30-14-15-31(40-30)41(37,38)35-20-17-28(18-21-35)33-19-16-24-10-12-26(13-11-24)25-6-3-2-4-7-25/h2-15,22,28,33H,16-21,23H2,1H3,(H,34,36). The summed E-state index contributed by atoms with van der Waals surface area (Å²) in [7, 11) is -2.01. The quantitative estimate of drug-likeness (QED) is 0.247. The normalized spacial score (nSPS) is 14.6. The number of nitrogens with zero attached hydrogens (tertiary/aromatic N) is 1. The summed E-state index contributed by atoms with van der Waals surface area (Å²) >= 11 is 1.21. The number of methoxy groups -OCH3 is 1. The van der Waals surface area contributed by atoms with Gasteiger partial charge in [0.2, 0.25) is 0 Å². The molecule has 0 radical (unpaired) electrons. The molecule has 0 spiro atoms. The Morgan fingerprint density at radius 2 is 1.66 bits per heavy atom. The highest BCUT2D eigenvalue weighted by atomic mass is 32.2. The molecule has 9 heteroatoms. The highest BCUT2D eigenvalue weighted by Gasteiger charge is 2.30. The zero-order chi connectivity index (χ0) is 28.7. The first-order valence-corrected chi connectivity index (χ1v) is 16.1. The van der Waals surface area contributed by atoms with E-state index in [1.165, 1.54) is 28.0 Å². The van der Waals surface area contributed by atoms with Gasteiger partial charge in [-0.05, 0) is 72.8 Å². The molecule has 2 heterocycles. The minimum atomic E-state index is -3.56. The van der Waals surface area contributed by atoms with Crippen LogP contribution < -0.4 is 15.4 Å². The van der Waals surface area contributed by atoms with Crippen molar-refractivity contribution in [2.45, 2.75) is 36.1 Å². The summed E-state index contributed by atoms with van der Waals surface area (Å²) in [6.45, 7) is 2.10. The predicted octanol–water partition coefficient (Wildman–Crippen LogP) is 5.34. The minimum absolute atomic E-state index is 0.236. The molecule has 1 aliphatic rings. The van der Waals surface area contributed by atoms with E-state index >= 15 is 0 Å². The molecule has 4 aromatic rings. The van der Waals surface area contributed by atoms with Gasteiger partial charge < -0.3 is 15.4 Å². The van der Waals surface area contributed by atoms with Crippen LogP contribution in [-0.2, 0) is 23.0 Å². The lowest BCUT2D eigenvalue weighted by molar-refractivity contribution is 0.0951. The van der Waals surface area contributed by atoms with Crippen LogP contribution in [0.3, 0.4) is 0 Å². The number of amides is 1. The SMILES string of the molecule is COc1cccc(C(=O)NCc2ccc(S(=O)(=O)N3CCC(NCCc4ccc(-c5ccccc5)cc4)CC3)s2)c1. The fraction of sp³-hybridized carbons (Fsp3) is 0.281. The first kappa shape index (κ1) is 29.0. The molecule has 214 valence electrons. The Balaban J connectivity index is 1.06. The second-order valence-electron chi connectivity index (χ2n) is 10.1. The van der Waals surface area contributed by atoms with Crippen LogP contribution in [0.2, 0.25) is 0 Å². The number of rotatable bonds is 11. The predicted molar refractivity (Wildman–Crippen MR) is 164 cm³/mol. The number of carbonyl (C=O) groups is 1. The molecular formula is C32H35N3O4S2. The highest BCUT2D eigenvalue weighted by molar-refractivity contribution is 7.91. The number of hydrogen-bond donors (Lipinski definition) is 2. The van der Waals surface area contributed by atoms with Crippen molar-refractivity contribution >= 4 is 27.3 Å². The fourth-order valence-electron chi connectivity index (χ4n) is 4.97. The fourth-order valence-corrected chi connectivity index (χ4v) is 7.89. The van der Waals surface area contributed by atoms with Crippen LogP contribution in [0.1, 0.15) is 33.6 Å². The molecular weight excluding hydrogens is 555 g/mol. The van der Waals surface area contributed by atoms with E-state index in [2.05, 4.69) is 59.2 Å². The number of piperidine rings is 1. The van der Waals surface area contributed by atoms with E-state index in [9.17, 15) is 13.2 Å². The Morgan fingerprint density at radius 1 is 0.927 bits per heavy atom. The smallest absolute Gasteiger partial charge is 0.252 e. The first-order valence-electron chi connectivity index (χ1n) is 13.8. The van der Waals surface area contributed by atoms with E-state index in [4.69, 9.17) is 4.74 Å². The van der Waals surface area contributed by atoms with Gasteiger partial charge in [-0.3, -0.25) is 4.79 Å². The third-order valence-corrected chi connectivity index (χ3v) is 10.8. The topological polar surface area (TPSA) is 87.7 Å². The summed E-state index contributed by atoms with van der Waals surface area (Å²) in [6.07, 6.45) is 2.49. The van der Waals surface area contributed by atoms with Crippen LogP contribution in [-0.4, -0.2) is 51.4 Å². The molecule has 1 fully saturated rings. The van der Waals surface area contributed by atoms with E-state index in [0.717, 1.165) is 30.7 Å². The molecule has 0 aliphatic carbocycles. The summed E-state index contributed by atoms with van der Waals surface area (Å²) in [5.41, 5.74) is 4.21. The summed E-state index contributed by atoms with van der Waals surface area (Å²) < 4.78 is 33.6. The average Bonchev–Trinajstić information content (AvgIpc) is 3.51. The maximum atomic E-state index is 13.3. The average molecular weight is 590 g/mol. The van der Waals surface area contributed by atoms with Crippen molar-refractivity contribution in [3.63, 3.8) is 0 Å². The van der Waals surface area contributed by atoms with Crippen molar-refractivity contribution in [2.24, 2.45) is 0 Å². The number of ether oxygens (including phenoxy) is 1. The van der Waals surface area contributed by atoms with Gasteiger partial charge in [-0.15, -0.1) is 11.3 Å². The van der Waals surface area contributed by atoms with Gasteiger partial charge in [-0.25, -0.2) is 8.42 Å². The summed E-state index contributed by atoms with van der Waals surface area (Å²) in [5.74, 6) is 0.371. The third kappa shape index (κ3) is 7.42. The van der Waals surface area contributed by atoms with E-state index < -0.39 is 10.0 Å². The van der Waals surface area contributed by atoms with Crippen molar-refractivity contribution in [1.29, 1.82) is 0 Å². The molecule has 3 aromatic carbocycles. The zero-order valence-electron chi connectivity index (χ0n) is 23.1. The Kier molecular flexibility index (Phi) is 9.51. The van der Waals surface area contributed by atoms with E-state index in [1.54, 1.807) is 47.8 Å². The Hall–Kier alpha value is -3.50. The molecule has 0 atom stereocenters. The summed E-state index contributed by atoms with van der Waals surface area (Å²) in [5, 5.41) is 6.47. The van der Waals surface area contributed by atoms with Crippen LogP contribution in [0.25, 0.3) is 11.1 Å². The number of carbonyl (C=O) groups excluding carboxylic acids is 1. The highest BCUT2D eigenvalue weighted by Crippen LogP contribution is 2.27. The number of benzene rings is 3. The molecule has 0 unspecified atom stereocenters. The Labute approximate surface area is 246 Å². The number of sulfonamides is 1. The molecule has 0 bridgehead atoms. The van der Waals surface area contributed by atoms with Gasteiger partial charge in [-0.2, -0.15) is 4.31 Å². The van der Waals surface area contributed by atoms with Crippen molar-refractivity contribution < 1.29 is 17.9 Å². The van der Waals surface area contributed by atoms with Gasteiger partial charge in [0.15, 0.2) is 0 Å². The third-order valence-electron chi connectivity index (χ3n) is 7.35. The van der Waals surface area contributed by atoms with Gasteiger partial charge in [-0.1, -0.05) is 60.7 Å². The molecule has 2 N–H and O–H groups in total. The van der Waals surface area contributed by atoms with Gasteiger partial charge >= 0.3 is 0 Å². The van der Waals surface area contributed by atoms with Crippen LogP contribution >= 0.6 is 11.3 Å². The van der Waals surface area contributed by atoms with Gasteiger partial charge in [0.1, 0.15) is 9.96 Å². The largest absolute Gasteiger partial charge is 0.497 e. The van der Waals surface area contributed by atoms with Gasteiger partial charge in [0.05, 0.1) is 13.7 Å². The summed E-state index contributed by atoms with van der Waals surface area (Å²) in [4.78, 5) is 13.3. The van der Waals surface area contributed by atoms with Gasteiger partial charge in [0, 0.05) is 29.6 Å². The van der Waals surface area contributed by atoms with Crippen LogP contribution in [0.15, 0.2) is 95.2 Å². The molecule has 1 amide bonds. The lowest BCUT2D eigenvalue weighted by Crippen LogP contribution is -2.45. The molecule has 1 aliphatic heterocycles. The van der Waals surface area contributed by atoms with E-state index in [1.807, 2.05) is 6.07 Å². The Morgan fingerprint density at radius 3 is 2.39 bits per heavy atom. The van der Waals surface area contributed by atoms with Crippen molar-refractivity contribution in [3.05, 3.63) is 107 Å². The minimum Gasteiger partial charge on any atom is -0.497 e. The maximum Gasteiger partial charge on any atom is 0.252 e. The monoisotopic (exact) mass is 589 g/mol. The lowest BCUT2D eigenvalue weighted by Gasteiger charge is -2.31. The van der Waals surface area contributed by atoms with Crippen molar-refractivity contribution in [1.82, 2.24) is 14.9 Å². The molecule has 0 saturated carbocycles. The molecule has 1 saturated heterocycles. The van der Waals surface area contributed by atoms with Crippen LogP contribution in [0, 0.1) is 0 Å². The van der Waals surface area contributed by atoms with Crippen molar-refractivity contribution in [3.8, 4) is 16.9 Å². The number of hydrogen-bond acceptors (Lipinski definition) is 6. The molecule has 5 rings (SSSR count).